The predicted molar refractivity (Wildman–Crippen MR) is 84.5 cm³/mol. The second-order valence-corrected chi connectivity index (χ2v) is 7.73. The fraction of sp³-hybridized carbons (Fsp3) is 0.429. The third-order valence-electron chi connectivity index (χ3n) is 2.11. The first-order valence-corrected chi connectivity index (χ1v) is 7.75. The molecule has 4 nitrogen and oxygen atoms in total. The number of hydrogen-bond donors (Lipinski definition) is 1. The largest absolute Gasteiger partial charge is 0.458 e. The van der Waals surface area contributed by atoms with E-state index in [-0.39, 0.29) is 5.91 Å². The van der Waals surface area contributed by atoms with Crippen LogP contribution in [0, 0.1) is 0 Å². The smallest absolute Gasteiger partial charge is 0.328 e. The van der Waals surface area contributed by atoms with Crippen LogP contribution in [-0.4, -0.2) is 23.5 Å². The molecule has 20 heavy (non-hydrogen) atoms. The van der Waals surface area contributed by atoms with E-state index in [0.717, 1.165) is 8.66 Å². The highest BCUT2D eigenvalue weighted by molar-refractivity contribution is 9.11. The molecule has 0 spiro atoms. The van der Waals surface area contributed by atoms with Crippen LogP contribution in [0.25, 0.3) is 6.08 Å². The molecule has 1 heterocycles. The second-order valence-electron chi connectivity index (χ2n) is 5.24. The van der Waals surface area contributed by atoms with Gasteiger partial charge in [0.15, 0.2) is 0 Å². The number of nitrogens with one attached hydrogen (secondary N) is 1. The summed E-state index contributed by atoms with van der Waals surface area (Å²) in [4.78, 5) is 24.4. The van der Waals surface area contributed by atoms with E-state index in [9.17, 15) is 9.59 Å². The summed E-state index contributed by atoms with van der Waals surface area (Å²) in [5.41, 5.74) is -0.560. The predicted octanol–water partition coefficient (Wildman–Crippen LogP) is 3.37. The molecule has 1 N–H and O–H groups in total. The molecular weight excluding hydrogens is 342 g/mol. The van der Waals surface area contributed by atoms with Crippen LogP contribution in [0.1, 0.15) is 32.6 Å². The van der Waals surface area contributed by atoms with Crippen molar-refractivity contribution in [3.63, 3.8) is 0 Å². The molecule has 0 aliphatic rings. The standard InChI is InChI=1S/C14H18BrNO3S/c1-9(13(18)19-14(2,3)4)16-12(17)8-6-10-5-7-11(15)20-10/h5-9H,1-4H3,(H,16,17)/b8-6+/t9-/m1/s1. The normalized spacial score (nSPS) is 13.2. The summed E-state index contributed by atoms with van der Waals surface area (Å²) in [7, 11) is 0. The average Bonchev–Trinajstić information content (AvgIpc) is 2.70. The maximum Gasteiger partial charge on any atom is 0.328 e. The molecule has 0 fully saturated rings. The summed E-state index contributed by atoms with van der Waals surface area (Å²) in [6, 6.07) is 3.13. The highest BCUT2D eigenvalue weighted by Gasteiger charge is 2.22. The Morgan fingerprint density at radius 2 is 2.05 bits per heavy atom. The number of esters is 1. The van der Waals surface area contributed by atoms with Crippen molar-refractivity contribution >= 4 is 45.2 Å². The van der Waals surface area contributed by atoms with E-state index in [2.05, 4.69) is 21.2 Å². The number of hydrogen-bond acceptors (Lipinski definition) is 4. The maximum absolute atomic E-state index is 11.7. The van der Waals surface area contributed by atoms with Crippen LogP contribution in [0.5, 0.6) is 0 Å². The minimum absolute atomic E-state index is 0.326. The topological polar surface area (TPSA) is 55.4 Å². The molecule has 0 radical (unpaired) electrons. The van der Waals surface area contributed by atoms with Gasteiger partial charge in [0.1, 0.15) is 11.6 Å². The molecule has 1 atom stereocenters. The van der Waals surface area contributed by atoms with Crippen molar-refractivity contribution in [2.75, 3.05) is 0 Å². The third-order valence-corrected chi connectivity index (χ3v) is 3.70. The minimum atomic E-state index is -0.679. The molecule has 0 bridgehead atoms. The number of rotatable bonds is 4. The zero-order chi connectivity index (χ0) is 15.3. The van der Waals surface area contributed by atoms with Gasteiger partial charge < -0.3 is 10.1 Å². The Hall–Kier alpha value is -1.14. The van der Waals surface area contributed by atoms with Crippen LogP contribution in [-0.2, 0) is 14.3 Å². The molecule has 110 valence electrons. The van der Waals surface area contributed by atoms with Gasteiger partial charge in [0, 0.05) is 11.0 Å². The van der Waals surface area contributed by atoms with Gasteiger partial charge in [-0.1, -0.05) is 0 Å². The van der Waals surface area contributed by atoms with Gasteiger partial charge in [-0.3, -0.25) is 4.79 Å². The van der Waals surface area contributed by atoms with Crippen molar-refractivity contribution in [1.82, 2.24) is 5.32 Å². The minimum Gasteiger partial charge on any atom is -0.458 e. The summed E-state index contributed by atoms with van der Waals surface area (Å²) >= 11 is 4.87. The first-order valence-electron chi connectivity index (χ1n) is 6.14. The Morgan fingerprint density at radius 3 is 2.55 bits per heavy atom. The Balaban J connectivity index is 2.49. The summed E-state index contributed by atoms with van der Waals surface area (Å²) in [6.07, 6.45) is 3.10. The number of ether oxygens (including phenoxy) is 1. The van der Waals surface area contributed by atoms with Gasteiger partial charge in [-0.05, 0) is 61.8 Å². The molecule has 1 amide bonds. The van der Waals surface area contributed by atoms with Crippen molar-refractivity contribution in [2.45, 2.75) is 39.3 Å². The van der Waals surface area contributed by atoms with Gasteiger partial charge in [-0.15, -0.1) is 11.3 Å². The quantitative estimate of drug-likeness (QED) is 0.662. The zero-order valence-electron chi connectivity index (χ0n) is 11.9. The summed E-state index contributed by atoms with van der Waals surface area (Å²) in [5, 5.41) is 2.57. The second kappa shape index (κ2) is 7.04. The molecule has 1 rings (SSSR count). The molecule has 1 aromatic rings. The molecule has 0 aliphatic heterocycles. The van der Waals surface area contributed by atoms with Crippen LogP contribution in [0.4, 0.5) is 0 Å². The van der Waals surface area contributed by atoms with Gasteiger partial charge in [0.2, 0.25) is 5.91 Å². The monoisotopic (exact) mass is 359 g/mol. The first-order chi connectivity index (χ1) is 9.17. The van der Waals surface area contributed by atoms with Crippen LogP contribution in [0.3, 0.4) is 0 Å². The number of halogens is 1. The molecule has 0 aliphatic carbocycles. The number of carbonyl (C=O) groups excluding carboxylic acids is 2. The Kier molecular flexibility index (Phi) is 5.95. The third kappa shape index (κ3) is 6.34. The molecule has 1 aromatic heterocycles. The van der Waals surface area contributed by atoms with Gasteiger partial charge >= 0.3 is 5.97 Å². The van der Waals surface area contributed by atoms with Crippen molar-refractivity contribution in [3.05, 3.63) is 26.9 Å². The van der Waals surface area contributed by atoms with Crippen molar-refractivity contribution < 1.29 is 14.3 Å². The van der Waals surface area contributed by atoms with E-state index in [0.29, 0.717) is 0 Å². The fourth-order valence-corrected chi connectivity index (χ4v) is 2.61. The molecule has 6 heteroatoms. The summed E-state index contributed by atoms with van der Waals surface area (Å²) in [5.74, 6) is -0.772. The highest BCUT2D eigenvalue weighted by atomic mass is 79.9. The van der Waals surface area contributed by atoms with Gasteiger partial charge in [0.25, 0.3) is 0 Å². The molecule has 0 aromatic carbocycles. The Morgan fingerprint density at radius 1 is 1.40 bits per heavy atom. The molecule has 0 saturated heterocycles. The fourth-order valence-electron chi connectivity index (χ4n) is 1.29. The number of carbonyl (C=O) groups is 2. The van der Waals surface area contributed by atoms with E-state index in [1.807, 2.05) is 12.1 Å². The van der Waals surface area contributed by atoms with Crippen LogP contribution >= 0.6 is 27.3 Å². The van der Waals surface area contributed by atoms with Crippen LogP contribution in [0.2, 0.25) is 0 Å². The molecule has 0 saturated carbocycles. The van der Waals surface area contributed by atoms with Gasteiger partial charge in [-0.25, -0.2) is 4.79 Å². The van der Waals surface area contributed by atoms with E-state index in [1.54, 1.807) is 33.8 Å². The Labute approximate surface area is 131 Å². The number of thiophene rings is 1. The SMILES string of the molecule is C[C@@H](NC(=O)/C=C/c1ccc(Br)s1)C(=O)OC(C)(C)C. The van der Waals surface area contributed by atoms with Crippen molar-refractivity contribution in [2.24, 2.45) is 0 Å². The van der Waals surface area contributed by atoms with Crippen molar-refractivity contribution in [3.8, 4) is 0 Å². The van der Waals surface area contributed by atoms with Gasteiger partial charge in [0.05, 0.1) is 3.79 Å². The summed E-state index contributed by atoms with van der Waals surface area (Å²) < 4.78 is 6.18. The highest BCUT2D eigenvalue weighted by Crippen LogP contribution is 2.22. The lowest BCUT2D eigenvalue weighted by atomic mass is 10.2. The lowest BCUT2D eigenvalue weighted by molar-refractivity contribution is -0.157. The van der Waals surface area contributed by atoms with Crippen molar-refractivity contribution in [1.29, 1.82) is 0 Å². The van der Waals surface area contributed by atoms with Crippen LogP contribution < -0.4 is 5.32 Å². The van der Waals surface area contributed by atoms with E-state index >= 15 is 0 Å². The van der Waals surface area contributed by atoms with E-state index in [4.69, 9.17) is 4.74 Å². The lowest BCUT2D eigenvalue weighted by Crippen LogP contribution is -2.41. The van der Waals surface area contributed by atoms with E-state index < -0.39 is 17.6 Å². The number of amides is 1. The van der Waals surface area contributed by atoms with Crippen LogP contribution in [0.15, 0.2) is 22.0 Å². The average molecular weight is 360 g/mol. The Bertz CT molecular complexity index is 517. The lowest BCUT2D eigenvalue weighted by Gasteiger charge is -2.22. The maximum atomic E-state index is 11.7. The molecular formula is C14H18BrNO3S. The first kappa shape index (κ1) is 16.9. The zero-order valence-corrected chi connectivity index (χ0v) is 14.3. The van der Waals surface area contributed by atoms with E-state index in [1.165, 1.54) is 17.4 Å². The molecule has 0 unspecified atom stereocenters. The summed E-state index contributed by atoms with van der Waals surface area (Å²) in [6.45, 7) is 6.96. The van der Waals surface area contributed by atoms with Gasteiger partial charge in [-0.2, -0.15) is 0 Å².